The van der Waals surface area contributed by atoms with Gasteiger partial charge in [-0.05, 0) is 31.5 Å². The van der Waals surface area contributed by atoms with Gasteiger partial charge in [0.25, 0.3) is 5.91 Å². The van der Waals surface area contributed by atoms with E-state index in [2.05, 4.69) is 10.6 Å². The molecule has 0 saturated heterocycles. The van der Waals surface area contributed by atoms with Crippen molar-refractivity contribution in [2.75, 3.05) is 11.9 Å². The molecule has 1 heterocycles. The van der Waals surface area contributed by atoms with E-state index < -0.39 is 6.04 Å². The largest absolute Gasteiger partial charge is 0.482 e. The van der Waals surface area contributed by atoms with Crippen LogP contribution in [0.5, 0.6) is 5.75 Å². The Kier molecular flexibility index (Phi) is 5.35. The van der Waals surface area contributed by atoms with Crippen LogP contribution in [-0.4, -0.2) is 24.5 Å². The molecule has 0 aliphatic carbocycles. The normalized spacial score (nSPS) is 15.8. The molecule has 0 aromatic heterocycles. The molecule has 1 aliphatic heterocycles. The first-order chi connectivity index (χ1) is 8.97. The van der Waals surface area contributed by atoms with Crippen molar-refractivity contribution in [3.63, 3.8) is 0 Å². The number of nitrogens with two attached hydrogens (primary N) is 1. The quantitative estimate of drug-likeness (QED) is 0.775. The van der Waals surface area contributed by atoms with Crippen molar-refractivity contribution in [3.8, 4) is 5.75 Å². The molecule has 4 N–H and O–H groups in total. The van der Waals surface area contributed by atoms with E-state index in [4.69, 9.17) is 10.5 Å². The maximum atomic E-state index is 11.5. The van der Waals surface area contributed by atoms with Gasteiger partial charge in [0.2, 0.25) is 5.91 Å². The second-order valence-corrected chi connectivity index (χ2v) is 4.61. The number of carbonyl (C=O) groups excluding carboxylic acids is 2. The summed E-state index contributed by atoms with van der Waals surface area (Å²) in [4.78, 5) is 22.8. The average Bonchev–Trinajstić information content (AvgIpc) is 2.37. The van der Waals surface area contributed by atoms with Crippen molar-refractivity contribution in [1.82, 2.24) is 5.32 Å². The summed E-state index contributed by atoms with van der Waals surface area (Å²) in [7, 11) is 0. The summed E-state index contributed by atoms with van der Waals surface area (Å²) in [6, 6.07) is 4.67. The third-order valence-corrected chi connectivity index (χ3v) is 2.91. The van der Waals surface area contributed by atoms with Crippen molar-refractivity contribution in [3.05, 3.63) is 23.8 Å². The minimum absolute atomic E-state index is 0. The van der Waals surface area contributed by atoms with Gasteiger partial charge >= 0.3 is 0 Å². The molecule has 0 fully saturated rings. The van der Waals surface area contributed by atoms with Crippen molar-refractivity contribution in [1.29, 1.82) is 0 Å². The van der Waals surface area contributed by atoms with Gasteiger partial charge in [-0.2, -0.15) is 0 Å². The fourth-order valence-electron chi connectivity index (χ4n) is 1.80. The van der Waals surface area contributed by atoms with Gasteiger partial charge in [0, 0.05) is 0 Å². The second-order valence-electron chi connectivity index (χ2n) is 4.61. The fourth-order valence-corrected chi connectivity index (χ4v) is 1.80. The van der Waals surface area contributed by atoms with Gasteiger partial charge in [0.15, 0.2) is 6.61 Å². The van der Waals surface area contributed by atoms with Crippen LogP contribution in [0.3, 0.4) is 0 Å². The fraction of sp³-hybridized carbons (Fsp3) is 0.385. The molecule has 2 atom stereocenters. The molecule has 7 heteroatoms. The Morgan fingerprint density at radius 1 is 1.45 bits per heavy atom. The van der Waals surface area contributed by atoms with Crippen LogP contribution in [-0.2, 0) is 9.59 Å². The number of halogens is 1. The summed E-state index contributed by atoms with van der Waals surface area (Å²) in [6.45, 7) is 3.51. The van der Waals surface area contributed by atoms with Crippen LogP contribution < -0.4 is 21.1 Å². The maximum Gasteiger partial charge on any atom is 0.262 e. The number of nitrogens with one attached hydrogen (secondary N) is 2. The highest BCUT2D eigenvalue weighted by molar-refractivity contribution is 5.95. The Balaban J connectivity index is 0.00000200. The maximum absolute atomic E-state index is 11.5. The first-order valence-corrected chi connectivity index (χ1v) is 6.10. The molecule has 1 aromatic carbocycles. The van der Waals surface area contributed by atoms with Gasteiger partial charge in [-0.25, -0.2) is 0 Å². The van der Waals surface area contributed by atoms with E-state index in [0.29, 0.717) is 11.4 Å². The number of hydrogen-bond acceptors (Lipinski definition) is 4. The molecular weight excluding hydrogens is 282 g/mol. The number of fused-ring (bicyclic) bond motifs is 1. The van der Waals surface area contributed by atoms with E-state index in [1.807, 2.05) is 13.0 Å². The molecule has 6 nitrogen and oxygen atoms in total. The number of amides is 2. The Labute approximate surface area is 123 Å². The van der Waals surface area contributed by atoms with Crippen LogP contribution >= 0.6 is 12.4 Å². The minimum Gasteiger partial charge on any atom is -0.482 e. The smallest absolute Gasteiger partial charge is 0.262 e. The van der Waals surface area contributed by atoms with E-state index in [1.54, 1.807) is 19.1 Å². The van der Waals surface area contributed by atoms with Gasteiger partial charge in [0.05, 0.1) is 17.8 Å². The van der Waals surface area contributed by atoms with Gasteiger partial charge in [-0.15, -0.1) is 12.4 Å². The van der Waals surface area contributed by atoms with Crippen LogP contribution in [0, 0.1) is 0 Å². The number of hydrogen-bond donors (Lipinski definition) is 3. The Hall–Kier alpha value is -1.79. The van der Waals surface area contributed by atoms with Crippen molar-refractivity contribution < 1.29 is 14.3 Å². The highest BCUT2D eigenvalue weighted by atomic mass is 35.5. The minimum atomic E-state index is -0.553. The van der Waals surface area contributed by atoms with Crippen LogP contribution in [0.2, 0.25) is 0 Å². The summed E-state index contributed by atoms with van der Waals surface area (Å²) in [5.74, 6) is 0.233. The van der Waals surface area contributed by atoms with Crippen molar-refractivity contribution >= 4 is 29.9 Å². The predicted octanol–water partition coefficient (Wildman–Crippen LogP) is 0.964. The highest BCUT2D eigenvalue weighted by Crippen LogP contribution is 2.30. The third kappa shape index (κ3) is 3.61. The Morgan fingerprint density at radius 3 is 2.80 bits per heavy atom. The summed E-state index contributed by atoms with van der Waals surface area (Å²) < 4.78 is 5.27. The van der Waals surface area contributed by atoms with E-state index in [1.165, 1.54) is 0 Å². The molecule has 0 saturated carbocycles. The van der Waals surface area contributed by atoms with Gasteiger partial charge in [0.1, 0.15) is 5.75 Å². The topological polar surface area (TPSA) is 93.5 Å². The first kappa shape index (κ1) is 16.3. The molecule has 1 aliphatic rings. The zero-order chi connectivity index (χ0) is 14.0. The second kappa shape index (κ2) is 6.58. The van der Waals surface area contributed by atoms with Crippen LogP contribution in [0.4, 0.5) is 5.69 Å². The lowest BCUT2D eigenvalue weighted by atomic mass is 10.1. The molecule has 2 rings (SSSR count). The zero-order valence-corrected chi connectivity index (χ0v) is 12.1. The lowest BCUT2D eigenvalue weighted by Crippen LogP contribution is -2.39. The Morgan fingerprint density at radius 2 is 2.15 bits per heavy atom. The van der Waals surface area contributed by atoms with E-state index >= 15 is 0 Å². The number of ether oxygens (including phenoxy) is 1. The third-order valence-electron chi connectivity index (χ3n) is 2.91. The van der Waals surface area contributed by atoms with Crippen molar-refractivity contribution in [2.24, 2.45) is 5.73 Å². The first-order valence-electron chi connectivity index (χ1n) is 6.10. The van der Waals surface area contributed by atoms with Gasteiger partial charge in [-0.3, -0.25) is 9.59 Å². The van der Waals surface area contributed by atoms with E-state index in [9.17, 15) is 9.59 Å². The molecule has 1 aromatic rings. The van der Waals surface area contributed by atoms with E-state index in [-0.39, 0.29) is 36.9 Å². The van der Waals surface area contributed by atoms with Crippen LogP contribution in [0.25, 0.3) is 0 Å². The number of anilines is 1. The SMILES string of the molecule is CC(NC(=O)[C@@H](C)N)c1ccc2c(c1)NC(=O)CO2.Cl. The molecule has 0 radical (unpaired) electrons. The lowest BCUT2D eigenvalue weighted by Gasteiger charge is -2.21. The Bertz CT molecular complexity index is 520. The molecular formula is C13H18ClN3O3. The predicted molar refractivity (Wildman–Crippen MR) is 78.0 cm³/mol. The van der Waals surface area contributed by atoms with Crippen LogP contribution in [0.1, 0.15) is 25.5 Å². The molecule has 0 bridgehead atoms. The number of carbonyl (C=O) groups is 2. The molecule has 0 spiro atoms. The van der Waals surface area contributed by atoms with Crippen LogP contribution in [0.15, 0.2) is 18.2 Å². The number of benzene rings is 1. The summed E-state index contributed by atoms with van der Waals surface area (Å²) >= 11 is 0. The van der Waals surface area contributed by atoms with Gasteiger partial charge in [-0.1, -0.05) is 6.07 Å². The summed E-state index contributed by atoms with van der Waals surface area (Å²) in [6.07, 6.45) is 0. The highest BCUT2D eigenvalue weighted by Gasteiger charge is 2.18. The summed E-state index contributed by atoms with van der Waals surface area (Å²) in [5, 5.41) is 5.53. The summed E-state index contributed by atoms with van der Waals surface area (Å²) in [5.41, 5.74) is 7.00. The molecule has 2 amide bonds. The molecule has 110 valence electrons. The van der Waals surface area contributed by atoms with Crippen molar-refractivity contribution in [2.45, 2.75) is 25.9 Å². The molecule has 1 unspecified atom stereocenters. The van der Waals surface area contributed by atoms with E-state index in [0.717, 1.165) is 5.56 Å². The lowest BCUT2D eigenvalue weighted by molar-refractivity contribution is -0.122. The van der Waals surface area contributed by atoms with Gasteiger partial charge < -0.3 is 21.1 Å². The molecule has 20 heavy (non-hydrogen) atoms. The zero-order valence-electron chi connectivity index (χ0n) is 11.3. The average molecular weight is 300 g/mol. The monoisotopic (exact) mass is 299 g/mol. The standard InChI is InChI=1S/C13H17N3O3.ClH/c1-7(14)13(18)15-8(2)9-3-4-11-10(5-9)16-12(17)6-19-11;/h3-5,7-8H,6,14H2,1-2H3,(H,15,18)(H,16,17);1H/t7-,8?;/m1./s1. The number of rotatable bonds is 3.